The van der Waals surface area contributed by atoms with Crippen molar-refractivity contribution in [3.63, 3.8) is 0 Å². The molecule has 0 spiro atoms. The Morgan fingerprint density at radius 2 is 1.95 bits per heavy atom. The average Bonchev–Trinajstić information content (AvgIpc) is 2.92. The van der Waals surface area contributed by atoms with Gasteiger partial charge in [0.25, 0.3) is 0 Å². The summed E-state index contributed by atoms with van der Waals surface area (Å²) < 4.78 is 0. The second-order valence-corrected chi connectivity index (χ2v) is 5.60. The third-order valence-electron chi connectivity index (χ3n) is 3.34. The van der Waals surface area contributed by atoms with Gasteiger partial charge in [-0.2, -0.15) is 0 Å². The summed E-state index contributed by atoms with van der Waals surface area (Å²) in [5, 5.41) is 10.5. The Labute approximate surface area is 116 Å². The Kier molecular flexibility index (Phi) is 4.03. The first kappa shape index (κ1) is 13.8. The van der Waals surface area contributed by atoms with Crippen LogP contribution < -0.4 is 0 Å². The molecule has 0 aromatic carbocycles. The average molecular weight is 277 g/mol. The first-order valence-corrected chi connectivity index (χ1v) is 6.95. The van der Waals surface area contributed by atoms with Gasteiger partial charge in [-0.25, -0.2) is 0 Å². The van der Waals surface area contributed by atoms with E-state index in [1.54, 1.807) is 13.8 Å². The van der Waals surface area contributed by atoms with Gasteiger partial charge in [0.15, 0.2) is 0 Å². The molecule has 19 heavy (non-hydrogen) atoms. The highest BCUT2D eigenvalue weighted by Gasteiger charge is 2.42. The first-order valence-electron chi connectivity index (χ1n) is 6.07. The molecule has 2 atom stereocenters. The number of carbonyl (C=O) groups excluding carboxylic acids is 2. The van der Waals surface area contributed by atoms with E-state index in [1.807, 2.05) is 11.4 Å². The predicted molar refractivity (Wildman–Crippen MR) is 72.2 cm³/mol. The number of hydrogen-bond donors (Lipinski definition) is 1. The number of imide groups is 1. The molecule has 2 unspecified atom stereocenters. The maximum Gasteiger partial charge on any atom is 0.233 e. The Bertz CT molecular complexity index is 547. The molecule has 1 aliphatic heterocycles. The molecule has 1 N–H and O–H groups in total. The summed E-state index contributed by atoms with van der Waals surface area (Å²) in [5.41, 5.74) is 0.800. The van der Waals surface area contributed by atoms with Crippen molar-refractivity contribution in [3.05, 3.63) is 21.9 Å². The fourth-order valence-corrected chi connectivity index (χ4v) is 2.81. The van der Waals surface area contributed by atoms with Crippen LogP contribution >= 0.6 is 11.3 Å². The van der Waals surface area contributed by atoms with Crippen LogP contribution in [0.1, 0.15) is 24.3 Å². The van der Waals surface area contributed by atoms with E-state index in [-0.39, 0.29) is 30.3 Å². The van der Waals surface area contributed by atoms with Crippen LogP contribution in [-0.2, 0) is 16.1 Å². The zero-order valence-corrected chi connectivity index (χ0v) is 11.7. The minimum absolute atomic E-state index is 0.103. The van der Waals surface area contributed by atoms with Crippen molar-refractivity contribution in [3.8, 4) is 11.8 Å². The van der Waals surface area contributed by atoms with Gasteiger partial charge in [0.1, 0.15) is 6.61 Å². The molecule has 0 bridgehead atoms. The third kappa shape index (κ3) is 2.70. The van der Waals surface area contributed by atoms with Gasteiger partial charge in [-0.15, -0.1) is 11.3 Å². The molecule has 1 saturated heterocycles. The third-order valence-corrected chi connectivity index (χ3v) is 4.26. The Balaban J connectivity index is 2.11. The van der Waals surface area contributed by atoms with Crippen LogP contribution in [0.15, 0.2) is 11.4 Å². The lowest BCUT2D eigenvalue weighted by molar-refractivity contribution is -0.140. The number of thiophene rings is 1. The van der Waals surface area contributed by atoms with Crippen LogP contribution in [-0.4, -0.2) is 28.4 Å². The number of carbonyl (C=O) groups is 2. The van der Waals surface area contributed by atoms with Crippen LogP contribution in [0.5, 0.6) is 0 Å². The van der Waals surface area contributed by atoms with E-state index in [1.165, 1.54) is 16.2 Å². The highest BCUT2D eigenvalue weighted by molar-refractivity contribution is 7.10. The number of nitrogens with zero attached hydrogens (tertiary/aromatic N) is 1. The molecule has 5 heteroatoms. The molecule has 2 amide bonds. The summed E-state index contributed by atoms with van der Waals surface area (Å²) in [6.45, 7) is 3.72. The van der Waals surface area contributed by atoms with Crippen molar-refractivity contribution in [2.24, 2.45) is 11.8 Å². The highest BCUT2D eigenvalue weighted by Crippen LogP contribution is 2.28. The summed E-state index contributed by atoms with van der Waals surface area (Å²) in [6, 6.07) is 1.85. The number of hydrogen-bond acceptors (Lipinski definition) is 4. The molecule has 2 heterocycles. The second-order valence-electron chi connectivity index (χ2n) is 4.60. The van der Waals surface area contributed by atoms with Crippen molar-refractivity contribution < 1.29 is 14.7 Å². The van der Waals surface area contributed by atoms with Crippen LogP contribution in [0.2, 0.25) is 0 Å². The van der Waals surface area contributed by atoms with Crippen LogP contribution in [0, 0.1) is 23.7 Å². The van der Waals surface area contributed by atoms with Gasteiger partial charge < -0.3 is 5.11 Å². The molecule has 1 aliphatic rings. The lowest BCUT2D eigenvalue weighted by Crippen LogP contribution is -2.29. The van der Waals surface area contributed by atoms with E-state index in [2.05, 4.69) is 11.8 Å². The standard InChI is InChI=1S/C14H15NO3S/c1-9-10(2)14(18)15(13(9)17)7-12-6-11(8-19-12)4-3-5-16/h6,8-10,16H,5,7H2,1-2H3. The summed E-state index contributed by atoms with van der Waals surface area (Å²) in [6.07, 6.45) is 0. The minimum Gasteiger partial charge on any atom is -0.384 e. The zero-order chi connectivity index (χ0) is 14.0. The summed E-state index contributed by atoms with van der Waals surface area (Å²) in [4.78, 5) is 26.2. The topological polar surface area (TPSA) is 57.6 Å². The first-order chi connectivity index (χ1) is 9.04. The monoisotopic (exact) mass is 277 g/mol. The van der Waals surface area contributed by atoms with E-state index in [9.17, 15) is 9.59 Å². The number of amides is 2. The lowest BCUT2D eigenvalue weighted by Gasteiger charge is -2.12. The van der Waals surface area contributed by atoms with Gasteiger partial charge in [0, 0.05) is 27.7 Å². The number of likely N-dealkylation sites (tertiary alicyclic amines) is 1. The Hall–Kier alpha value is -1.64. The van der Waals surface area contributed by atoms with Crippen molar-refractivity contribution in [2.45, 2.75) is 20.4 Å². The maximum absolute atomic E-state index is 12.0. The zero-order valence-electron chi connectivity index (χ0n) is 10.8. The number of aliphatic hydroxyl groups is 1. The molecule has 1 aromatic rings. The molecule has 4 nitrogen and oxygen atoms in total. The van der Waals surface area contributed by atoms with Crippen molar-refractivity contribution >= 4 is 23.2 Å². The van der Waals surface area contributed by atoms with Gasteiger partial charge in [-0.3, -0.25) is 14.5 Å². The van der Waals surface area contributed by atoms with Crippen LogP contribution in [0.25, 0.3) is 0 Å². The van der Waals surface area contributed by atoms with Crippen LogP contribution in [0.4, 0.5) is 0 Å². The van der Waals surface area contributed by atoms with Gasteiger partial charge in [-0.05, 0) is 6.07 Å². The molecular weight excluding hydrogens is 262 g/mol. The van der Waals surface area contributed by atoms with Crippen molar-refractivity contribution in [1.29, 1.82) is 0 Å². The van der Waals surface area contributed by atoms with E-state index in [4.69, 9.17) is 5.11 Å². The molecule has 0 saturated carbocycles. The quantitative estimate of drug-likeness (QED) is 0.653. The van der Waals surface area contributed by atoms with Gasteiger partial charge in [0.2, 0.25) is 11.8 Å². The Morgan fingerprint density at radius 3 is 2.53 bits per heavy atom. The van der Waals surface area contributed by atoms with E-state index >= 15 is 0 Å². The van der Waals surface area contributed by atoms with Crippen LogP contribution in [0.3, 0.4) is 0 Å². The number of aliphatic hydroxyl groups excluding tert-OH is 1. The normalized spacial score (nSPS) is 22.6. The SMILES string of the molecule is CC1C(=O)N(Cc2cc(C#CCO)cs2)C(=O)C1C. The molecule has 1 aromatic heterocycles. The molecule has 0 radical (unpaired) electrons. The fraction of sp³-hybridized carbons (Fsp3) is 0.429. The molecule has 2 rings (SSSR count). The summed E-state index contributed by atoms with van der Waals surface area (Å²) in [7, 11) is 0. The molecular formula is C14H15NO3S. The van der Waals surface area contributed by atoms with Gasteiger partial charge in [-0.1, -0.05) is 25.7 Å². The Morgan fingerprint density at radius 1 is 1.32 bits per heavy atom. The fourth-order valence-electron chi connectivity index (χ4n) is 2.01. The summed E-state index contributed by atoms with van der Waals surface area (Å²) >= 11 is 1.46. The lowest BCUT2D eigenvalue weighted by atomic mass is 10.00. The van der Waals surface area contributed by atoms with E-state index in [0.717, 1.165) is 10.4 Å². The van der Waals surface area contributed by atoms with Crippen molar-refractivity contribution in [2.75, 3.05) is 6.61 Å². The van der Waals surface area contributed by atoms with Crippen molar-refractivity contribution in [1.82, 2.24) is 4.90 Å². The second kappa shape index (κ2) is 5.55. The predicted octanol–water partition coefficient (Wildman–Crippen LogP) is 1.23. The molecule has 1 fully saturated rings. The number of rotatable bonds is 2. The minimum atomic E-state index is -0.235. The van der Waals surface area contributed by atoms with Gasteiger partial charge in [0.05, 0.1) is 6.54 Å². The molecule has 100 valence electrons. The summed E-state index contributed by atoms with van der Waals surface area (Å²) in [5.74, 6) is 4.69. The van der Waals surface area contributed by atoms with Gasteiger partial charge >= 0.3 is 0 Å². The van der Waals surface area contributed by atoms with E-state index in [0.29, 0.717) is 6.54 Å². The highest BCUT2D eigenvalue weighted by atomic mass is 32.1. The largest absolute Gasteiger partial charge is 0.384 e. The maximum atomic E-state index is 12.0. The van der Waals surface area contributed by atoms with E-state index < -0.39 is 0 Å². The molecule has 0 aliphatic carbocycles. The smallest absolute Gasteiger partial charge is 0.233 e.